The van der Waals surface area contributed by atoms with Gasteiger partial charge in [0.05, 0.1) is 5.60 Å². The summed E-state index contributed by atoms with van der Waals surface area (Å²) in [5.74, 6) is 0. The largest absolute Gasteiger partial charge is 0.417 e. The Bertz CT molecular complexity index is 165. The maximum atomic E-state index is 11.9. The highest BCUT2D eigenvalue weighted by atomic mass is 19.4. The van der Waals surface area contributed by atoms with Crippen LogP contribution in [0.4, 0.5) is 13.2 Å². The van der Waals surface area contributed by atoms with Crippen LogP contribution in [-0.2, 0) is 0 Å². The van der Waals surface area contributed by atoms with Crippen molar-refractivity contribution in [3.63, 3.8) is 0 Å². The summed E-state index contributed by atoms with van der Waals surface area (Å²) in [7, 11) is 0. The zero-order chi connectivity index (χ0) is 8.91. The quantitative estimate of drug-likeness (QED) is 0.565. The molecular formula is C6H9F3O2. The molecule has 66 valence electrons. The van der Waals surface area contributed by atoms with Gasteiger partial charge in [0.1, 0.15) is 0 Å². The molecule has 0 aromatic carbocycles. The van der Waals surface area contributed by atoms with Crippen LogP contribution in [0.3, 0.4) is 0 Å². The second-order valence-corrected chi connectivity index (χ2v) is 3.38. The fourth-order valence-corrected chi connectivity index (χ4v) is 1.41. The van der Waals surface area contributed by atoms with Crippen LogP contribution in [0.1, 0.15) is 19.8 Å². The fourth-order valence-electron chi connectivity index (χ4n) is 1.41. The van der Waals surface area contributed by atoms with Crippen molar-refractivity contribution < 1.29 is 23.4 Å². The van der Waals surface area contributed by atoms with Crippen molar-refractivity contribution in [3.8, 4) is 0 Å². The first-order valence-electron chi connectivity index (χ1n) is 3.18. The topological polar surface area (TPSA) is 40.5 Å². The van der Waals surface area contributed by atoms with Gasteiger partial charge in [-0.3, -0.25) is 0 Å². The van der Waals surface area contributed by atoms with Gasteiger partial charge in [-0.25, -0.2) is 0 Å². The Labute approximate surface area is 61.6 Å². The molecule has 2 N–H and O–H groups in total. The maximum absolute atomic E-state index is 11.9. The van der Waals surface area contributed by atoms with E-state index in [0.29, 0.717) is 0 Å². The predicted molar refractivity (Wildman–Crippen MR) is 30.9 cm³/mol. The van der Waals surface area contributed by atoms with Crippen molar-refractivity contribution in [2.75, 3.05) is 0 Å². The van der Waals surface area contributed by atoms with E-state index in [2.05, 4.69) is 0 Å². The number of aliphatic hydroxyl groups is 2. The third-order valence-corrected chi connectivity index (χ3v) is 1.87. The van der Waals surface area contributed by atoms with E-state index in [4.69, 9.17) is 10.2 Å². The van der Waals surface area contributed by atoms with E-state index in [1.165, 1.54) is 6.92 Å². The van der Waals surface area contributed by atoms with Crippen molar-refractivity contribution in [2.24, 2.45) is 0 Å². The van der Waals surface area contributed by atoms with Gasteiger partial charge in [0.2, 0.25) is 0 Å². The molecule has 1 saturated carbocycles. The molecule has 1 rings (SSSR count). The standard InChI is InChI=1S/C6H9F3O2/c1-4(10)2-5(11,3-4)6(7,8)9/h10-11H,2-3H2,1H3. The molecule has 0 atom stereocenters. The molecule has 2 nitrogen and oxygen atoms in total. The predicted octanol–water partition coefficient (Wildman–Crippen LogP) is 0.825. The highest BCUT2D eigenvalue weighted by Crippen LogP contribution is 2.50. The zero-order valence-corrected chi connectivity index (χ0v) is 5.94. The molecule has 1 aliphatic carbocycles. The first-order chi connectivity index (χ1) is 4.66. The molecule has 1 aliphatic rings. The van der Waals surface area contributed by atoms with Crippen molar-refractivity contribution in [1.29, 1.82) is 0 Å². The van der Waals surface area contributed by atoms with E-state index in [1.54, 1.807) is 0 Å². The molecule has 0 unspecified atom stereocenters. The summed E-state index contributed by atoms with van der Waals surface area (Å²) in [4.78, 5) is 0. The van der Waals surface area contributed by atoms with E-state index < -0.39 is 30.2 Å². The normalized spacial score (nSPS) is 45.3. The molecule has 1 fully saturated rings. The average molecular weight is 170 g/mol. The van der Waals surface area contributed by atoms with Crippen LogP contribution >= 0.6 is 0 Å². The lowest BCUT2D eigenvalue weighted by atomic mass is 9.68. The van der Waals surface area contributed by atoms with Crippen molar-refractivity contribution in [1.82, 2.24) is 0 Å². The molecular weight excluding hydrogens is 161 g/mol. The minimum atomic E-state index is -4.62. The molecule has 0 aromatic heterocycles. The Kier molecular flexibility index (Phi) is 1.52. The van der Waals surface area contributed by atoms with Crippen molar-refractivity contribution in [2.45, 2.75) is 37.1 Å². The summed E-state index contributed by atoms with van der Waals surface area (Å²) in [6.45, 7) is 1.27. The first-order valence-corrected chi connectivity index (χ1v) is 3.18. The van der Waals surface area contributed by atoms with Gasteiger partial charge in [0.15, 0.2) is 5.60 Å². The summed E-state index contributed by atoms with van der Waals surface area (Å²) >= 11 is 0. The van der Waals surface area contributed by atoms with Crippen LogP contribution < -0.4 is 0 Å². The third-order valence-electron chi connectivity index (χ3n) is 1.87. The van der Waals surface area contributed by atoms with Gasteiger partial charge in [-0.1, -0.05) is 0 Å². The van der Waals surface area contributed by atoms with Gasteiger partial charge in [0.25, 0.3) is 0 Å². The molecule has 0 bridgehead atoms. The monoisotopic (exact) mass is 170 g/mol. The van der Waals surface area contributed by atoms with Gasteiger partial charge in [-0.15, -0.1) is 0 Å². The molecule has 0 radical (unpaired) electrons. The lowest BCUT2D eigenvalue weighted by molar-refractivity contribution is -0.325. The molecule has 0 amide bonds. The Morgan fingerprint density at radius 1 is 1.18 bits per heavy atom. The van der Waals surface area contributed by atoms with E-state index in [0.717, 1.165) is 0 Å². The van der Waals surface area contributed by atoms with E-state index >= 15 is 0 Å². The first kappa shape index (κ1) is 8.80. The highest BCUT2D eigenvalue weighted by Gasteiger charge is 2.65. The molecule has 0 spiro atoms. The zero-order valence-electron chi connectivity index (χ0n) is 5.94. The smallest absolute Gasteiger partial charge is 0.390 e. The molecule has 0 aliphatic heterocycles. The second-order valence-electron chi connectivity index (χ2n) is 3.38. The lowest BCUT2D eigenvalue weighted by Gasteiger charge is -2.48. The van der Waals surface area contributed by atoms with E-state index in [1.807, 2.05) is 0 Å². The summed E-state index contributed by atoms with van der Waals surface area (Å²) in [6.07, 6.45) is -5.86. The highest BCUT2D eigenvalue weighted by molar-refractivity contribution is 5.06. The summed E-state index contributed by atoms with van der Waals surface area (Å²) in [5, 5.41) is 17.7. The fraction of sp³-hybridized carbons (Fsp3) is 1.00. The van der Waals surface area contributed by atoms with Gasteiger partial charge in [-0.2, -0.15) is 13.2 Å². The summed E-state index contributed by atoms with van der Waals surface area (Å²) in [5.41, 5.74) is -4.01. The van der Waals surface area contributed by atoms with Crippen LogP contribution in [0.5, 0.6) is 0 Å². The summed E-state index contributed by atoms with van der Waals surface area (Å²) in [6, 6.07) is 0. The SMILES string of the molecule is CC1(O)CC(O)(C(F)(F)F)C1. The number of rotatable bonds is 0. The number of hydrogen-bond donors (Lipinski definition) is 2. The second kappa shape index (κ2) is 1.90. The van der Waals surface area contributed by atoms with Crippen LogP contribution in [0.2, 0.25) is 0 Å². The lowest BCUT2D eigenvalue weighted by Crippen LogP contribution is -2.62. The van der Waals surface area contributed by atoms with Crippen molar-refractivity contribution >= 4 is 0 Å². The number of alkyl halides is 3. The van der Waals surface area contributed by atoms with Gasteiger partial charge < -0.3 is 10.2 Å². The average Bonchev–Trinajstić information content (AvgIpc) is 1.55. The molecule has 11 heavy (non-hydrogen) atoms. The molecule has 0 heterocycles. The minimum absolute atomic E-state index is 0.622. The Morgan fingerprint density at radius 3 is 1.64 bits per heavy atom. The Morgan fingerprint density at radius 2 is 1.55 bits per heavy atom. The third kappa shape index (κ3) is 1.35. The summed E-state index contributed by atoms with van der Waals surface area (Å²) < 4.78 is 35.6. The Balaban J connectivity index is 2.64. The van der Waals surface area contributed by atoms with Gasteiger partial charge >= 0.3 is 6.18 Å². The van der Waals surface area contributed by atoms with Gasteiger partial charge in [-0.05, 0) is 6.92 Å². The number of hydrogen-bond acceptors (Lipinski definition) is 2. The Hall–Kier alpha value is -0.290. The minimum Gasteiger partial charge on any atom is -0.390 e. The molecule has 0 aromatic rings. The van der Waals surface area contributed by atoms with Crippen LogP contribution in [-0.4, -0.2) is 27.6 Å². The van der Waals surface area contributed by atoms with Crippen LogP contribution in [0, 0.1) is 0 Å². The van der Waals surface area contributed by atoms with E-state index in [-0.39, 0.29) is 0 Å². The van der Waals surface area contributed by atoms with Crippen molar-refractivity contribution in [3.05, 3.63) is 0 Å². The van der Waals surface area contributed by atoms with E-state index in [9.17, 15) is 13.2 Å². The number of halogens is 3. The molecule has 0 saturated heterocycles. The molecule has 5 heteroatoms. The van der Waals surface area contributed by atoms with Gasteiger partial charge in [0, 0.05) is 12.8 Å². The maximum Gasteiger partial charge on any atom is 0.417 e. The van der Waals surface area contributed by atoms with Crippen LogP contribution in [0.25, 0.3) is 0 Å². The van der Waals surface area contributed by atoms with Crippen LogP contribution in [0.15, 0.2) is 0 Å².